The summed E-state index contributed by atoms with van der Waals surface area (Å²) >= 11 is 0. The second kappa shape index (κ2) is 4.02. The number of aliphatic hydroxyl groups is 1. The summed E-state index contributed by atoms with van der Waals surface area (Å²) in [5.41, 5.74) is 0. The number of nitrogens with zero attached hydrogens (tertiary/aromatic N) is 1. The highest BCUT2D eigenvalue weighted by atomic mass is 19.1. The van der Waals surface area contributed by atoms with Crippen LogP contribution < -0.4 is 0 Å². The number of aliphatic hydroxyl groups excluding tert-OH is 1. The van der Waals surface area contributed by atoms with Gasteiger partial charge in [0.15, 0.2) is 5.76 Å². The Labute approximate surface area is 86.3 Å². The minimum absolute atomic E-state index is 0.0325. The first-order valence-electron chi connectivity index (χ1n) is 4.81. The molecule has 0 spiro atoms. The molecule has 0 bridgehead atoms. The molecule has 5 heteroatoms. The fraction of sp³-hybridized carbons (Fsp3) is 0.500. The van der Waals surface area contributed by atoms with E-state index in [1.807, 2.05) is 0 Å². The predicted molar refractivity (Wildman–Crippen MR) is 50.1 cm³/mol. The molecule has 1 saturated heterocycles. The van der Waals surface area contributed by atoms with Crippen LogP contribution in [0.4, 0.5) is 4.39 Å². The van der Waals surface area contributed by atoms with E-state index in [0.717, 1.165) is 0 Å². The highest BCUT2D eigenvalue weighted by Crippen LogP contribution is 2.22. The van der Waals surface area contributed by atoms with E-state index in [1.54, 1.807) is 6.07 Å². The molecule has 1 aliphatic heterocycles. The van der Waals surface area contributed by atoms with Gasteiger partial charge < -0.3 is 14.4 Å². The first-order valence-corrected chi connectivity index (χ1v) is 4.81. The molecular weight excluding hydrogens is 201 g/mol. The van der Waals surface area contributed by atoms with E-state index in [4.69, 9.17) is 9.52 Å². The Hall–Kier alpha value is -1.36. The average Bonchev–Trinajstić information content (AvgIpc) is 2.84. The van der Waals surface area contributed by atoms with Crippen molar-refractivity contribution < 1.29 is 18.7 Å². The van der Waals surface area contributed by atoms with E-state index >= 15 is 0 Å². The van der Waals surface area contributed by atoms with Gasteiger partial charge in [0.2, 0.25) is 0 Å². The minimum atomic E-state index is -1.05. The summed E-state index contributed by atoms with van der Waals surface area (Å²) < 4.78 is 18.0. The summed E-state index contributed by atoms with van der Waals surface area (Å²) in [6.07, 6.45) is 0.536. The summed E-state index contributed by atoms with van der Waals surface area (Å²) in [5, 5.41) is 9.01. The lowest BCUT2D eigenvalue weighted by Crippen LogP contribution is -2.37. The third-order valence-corrected chi connectivity index (χ3v) is 2.57. The number of rotatable bonds is 2. The zero-order valence-electron chi connectivity index (χ0n) is 8.10. The summed E-state index contributed by atoms with van der Waals surface area (Å²) in [5.74, 6) is -0.179. The van der Waals surface area contributed by atoms with E-state index < -0.39 is 12.2 Å². The van der Waals surface area contributed by atoms with E-state index in [2.05, 4.69) is 0 Å². The zero-order valence-corrected chi connectivity index (χ0v) is 8.10. The van der Waals surface area contributed by atoms with Crippen LogP contribution in [0.25, 0.3) is 0 Å². The van der Waals surface area contributed by atoms with Gasteiger partial charge in [0.1, 0.15) is 6.17 Å². The fourth-order valence-electron chi connectivity index (χ4n) is 1.82. The molecule has 2 heterocycles. The number of hydrogen-bond acceptors (Lipinski definition) is 3. The average molecular weight is 213 g/mol. The van der Waals surface area contributed by atoms with Gasteiger partial charge in [0.25, 0.3) is 5.91 Å². The Morgan fingerprint density at radius 1 is 1.73 bits per heavy atom. The van der Waals surface area contributed by atoms with Gasteiger partial charge in [-0.25, -0.2) is 4.39 Å². The van der Waals surface area contributed by atoms with E-state index in [9.17, 15) is 9.18 Å². The van der Waals surface area contributed by atoms with Gasteiger partial charge in [-0.3, -0.25) is 4.79 Å². The Kier molecular flexibility index (Phi) is 2.73. The van der Waals surface area contributed by atoms with Gasteiger partial charge in [-0.2, -0.15) is 0 Å². The monoisotopic (exact) mass is 213 g/mol. The first kappa shape index (κ1) is 10.2. The molecule has 1 amide bonds. The first-order chi connectivity index (χ1) is 7.22. The van der Waals surface area contributed by atoms with Crippen molar-refractivity contribution in [2.24, 2.45) is 0 Å². The van der Waals surface area contributed by atoms with Gasteiger partial charge in [-0.15, -0.1) is 0 Å². The summed E-state index contributed by atoms with van der Waals surface area (Å²) in [6.45, 7) is -0.183. The lowest BCUT2D eigenvalue weighted by Gasteiger charge is -2.21. The Bertz CT molecular complexity index is 338. The molecule has 0 unspecified atom stereocenters. The standard InChI is InChI=1S/C10H12FNO3/c11-7-4-8(6-13)12(5-7)10(14)9-2-1-3-15-9/h1-3,7-8,13H,4-6H2/t7-,8-/m0/s1. The molecule has 1 aliphatic rings. The third-order valence-electron chi connectivity index (χ3n) is 2.57. The number of carbonyl (C=O) groups excluding carboxylic acids is 1. The van der Waals surface area contributed by atoms with Crippen molar-refractivity contribution in [1.29, 1.82) is 0 Å². The maximum absolute atomic E-state index is 13.1. The van der Waals surface area contributed by atoms with Gasteiger partial charge in [0, 0.05) is 6.42 Å². The van der Waals surface area contributed by atoms with Gasteiger partial charge in [-0.1, -0.05) is 0 Å². The molecule has 2 atom stereocenters. The van der Waals surface area contributed by atoms with Crippen LogP contribution in [0.5, 0.6) is 0 Å². The van der Waals surface area contributed by atoms with Crippen LogP contribution in [-0.4, -0.2) is 41.3 Å². The molecule has 0 aromatic carbocycles. The fourth-order valence-corrected chi connectivity index (χ4v) is 1.82. The second-order valence-electron chi connectivity index (χ2n) is 3.60. The quantitative estimate of drug-likeness (QED) is 0.791. The van der Waals surface area contributed by atoms with Crippen molar-refractivity contribution >= 4 is 5.91 Å². The number of alkyl halides is 1. The molecule has 82 valence electrons. The Morgan fingerprint density at radius 2 is 2.53 bits per heavy atom. The highest BCUT2D eigenvalue weighted by molar-refractivity contribution is 5.91. The third kappa shape index (κ3) is 1.87. The topological polar surface area (TPSA) is 53.7 Å². The van der Waals surface area contributed by atoms with Gasteiger partial charge >= 0.3 is 0 Å². The van der Waals surface area contributed by atoms with Crippen molar-refractivity contribution in [3.63, 3.8) is 0 Å². The largest absolute Gasteiger partial charge is 0.459 e. The van der Waals surface area contributed by atoms with E-state index in [0.29, 0.717) is 0 Å². The second-order valence-corrected chi connectivity index (χ2v) is 3.60. The van der Waals surface area contributed by atoms with Crippen molar-refractivity contribution in [3.05, 3.63) is 24.2 Å². The highest BCUT2D eigenvalue weighted by Gasteiger charge is 2.36. The smallest absolute Gasteiger partial charge is 0.289 e. The number of carbonyl (C=O) groups is 1. The Morgan fingerprint density at radius 3 is 3.13 bits per heavy atom. The summed E-state index contributed by atoms with van der Waals surface area (Å²) in [4.78, 5) is 13.1. The summed E-state index contributed by atoms with van der Waals surface area (Å²) in [6, 6.07) is 2.70. The number of hydrogen-bond donors (Lipinski definition) is 1. The minimum Gasteiger partial charge on any atom is -0.459 e. The van der Waals surface area contributed by atoms with Crippen LogP contribution in [0, 0.1) is 0 Å². The maximum atomic E-state index is 13.1. The zero-order chi connectivity index (χ0) is 10.8. The van der Waals surface area contributed by atoms with Gasteiger partial charge in [-0.05, 0) is 12.1 Å². The molecule has 2 rings (SSSR count). The molecule has 0 saturated carbocycles. The maximum Gasteiger partial charge on any atom is 0.289 e. The van der Waals surface area contributed by atoms with E-state index in [-0.39, 0.29) is 31.2 Å². The molecule has 1 fully saturated rings. The molecule has 1 aromatic rings. The molecular formula is C10H12FNO3. The normalized spacial score (nSPS) is 25.9. The number of furan rings is 1. The number of likely N-dealkylation sites (tertiary alicyclic amines) is 1. The molecule has 0 aliphatic carbocycles. The van der Waals surface area contributed by atoms with Crippen molar-refractivity contribution in [3.8, 4) is 0 Å². The van der Waals surface area contributed by atoms with Crippen LogP contribution >= 0.6 is 0 Å². The molecule has 15 heavy (non-hydrogen) atoms. The van der Waals surface area contributed by atoms with Gasteiger partial charge in [0.05, 0.1) is 25.5 Å². The number of amides is 1. The predicted octanol–water partition coefficient (Wildman–Crippen LogP) is 0.825. The molecule has 4 nitrogen and oxygen atoms in total. The van der Waals surface area contributed by atoms with E-state index in [1.165, 1.54) is 17.2 Å². The van der Waals surface area contributed by atoms with Crippen LogP contribution in [0.1, 0.15) is 17.0 Å². The van der Waals surface area contributed by atoms with Crippen LogP contribution in [-0.2, 0) is 0 Å². The molecule has 1 N–H and O–H groups in total. The van der Waals surface area contributed by atoms with Crippen molar-refractivity contribution in [2.75, 3.05) is 13.2 Å². The van der Waals surface area contributed by atoms with Crippen LogP contribution in [0.2, 0.25) is 0 Å². The van der Waals surface area contributed by atoms with Crippen LogP contribution in [0.15, 0.2) is 22.8 Å². The van der Waals surface area contributed by atoms with Crippen LogP contribution in [0.3, 0.4) is 0 Å². The van der Waals surface area contributed by atoms with Crippen molar-refractivity contribution in [1.82, 2.24) is 4.90 Å². The lowest BCUT2D eigenvalue weighted by atomic mass is 10.2. The SMILES string of the molecule is O=C(c1ccco1)N1C[C@@H](F)C[C@H]1CO. The molecule has 1 aromatic heterocycles. The molecule has 0 radical (unpaired) electrons. The summed E-state index contributed by atoms with van der Waals surface area (Å²) in [7, 11) is 0. The lowest BCUT2D eigenvalue weighted by molar-refractivity contribution is 0.0641. The number of halogens is 1. The van der Waals surface area contributed by atoms with Crippen molar-refractivity contribution in [2.45, 2.75) is 18.6 Å². The Balaban J connectivity index is 2.13.